The highest BCUT2D eigenvalue weighted by atomic mass is 15.2. The lowest BCUT2D eigenvalue weighted by Gasteiger charge is -2.24. The third-order valence-electron chi connectivity index (χ3n) is 5.29. The fourth-order valence-corrected chi connectivity index (χ4v) is 3.58. The Bertz CT molecular complexity index is 582. The molecule has 4 heteroatoms. The molecule has 0 fully saturated rings. The van der Waals surface area contributed by atoms with Gasteiger partial charge in [0.2, 0.25) is 0 Å². The van der Waals surface area contributed by atoms with Gasteiger partial charge in [0.15, 0.2) is 0 Å². The molecule has 0 saturated carbocycles. The van der Waals surface area contributed by atoms with Crippen molar-refractivity contribution in [2.24, 2.45) is 11.8 Å². The fourth-order valence-electron chi connectivity index (χ4n) is 3.58. The van der Waals surface area contributed by atoms with Crippen LogP contribution in [0.4, 0.5) is 0 Å². The van der Waals surface area contributed by atoms with E-state index in [1.54, 1.807) is 0 Å². The molecule has 152 valence electrons. The average molecular weight is 380 g/mol. The molecule has 2 aliphatic rings. The largest absolute Gasteiger partial charge is 0.323 e. The first kappa shape index (κ1) is 20.9. The van der Waals surface area contributed by atoms with E-state index in [-0.39, 0.29) is 0 Å². The van der Waals surface area contributed by atoms with Crippen molar-refractivity contribution in [1.29, 1.82) is 0 Å². The minimum absolute atomic E-state index is 0.564. The molecular formula is C24H35N4-. The molecule has 1 aromatic carbocycles. The lowest BCUT2D eigenvalue weighted by Crippen LogP contribution is -2.41. The van der Waals surface area contributed by atoms with E-state index < -0.39 is 0 Å². The van der Waals surface area contributed by atoms with Gasteiger partial charge in [-0.15, -0.1) is 0 Å². The number of hydrogen-bond acceptors (Lipinski definition) is 4. The van der Waals surface area contributed by atoms with Crippen LogP contribution in [0.3, 0.4) is 0 Å². The van der Waals surface area contributed by atoms with Crippen molar-refractivity contribution in [3.63, 3.8) is 0 Å². The van der Waals surface area contributed by atoms with Crippen LogP contribution in [0.5, 0.6) is 0 Å². The summed E-state index contributed by atoms with van der Waals surface area (Å²) in [5, 5.41) is 10.8. The van der Waals surface area contributed by atoms with Gasteiger partial charge in [-0.05, 0) is 6.54 Å². The molecule has 0 unspecified atom stereocenters. The first-order chi connectivity index (χ1) is 13.9. The van der Waals surface area contributed by atoms with E-state index in [2.05, 4.69) is 93.7 Å². The van der Waals surface area contributed by atoms with Crippen LogP contribution in [0.2, 0.25) is 0 Å². The maximum Gasteiger partial charge on any atom is 0.0108 e. The van der Waals surface area contributed by atoms with Gasteiger partial charge < -0.3 is 16.0 Å². The Morgan fingerprint density at radius 2 is 1.29 bits per heavy atom. The minimum atomic E-state index is 0.564. The van der Waals surface area contributed by atoms with Gasteiger partial charge in [0, 0.05) is 64.2 Å². The van der Waals surface area contributed by atoms with E-state index in [0.29, 0.717) is 11.8 Å². The summed E-state index contributed by atoms with van der Waals surface area (Å²) in [7, 11) is 0. The Morgan fingerprint density at radius 1 is 0.750 bits per heavy atom. The van der Waals surface area contributed by atoms with Gasteiger partial charge in [-0.2, -0.15) is 23.8 Å². The second kappa shape index (κ2) is 12.6. The van der Waals surface area contributed by atoms with E-state index in [1.807, 2.05) is 0 Å². The molecule has 0 bridgehead atoms. The van der Waals surface area contributed by atoms with Crippen molar-refractivity contribution in [3.05, 3.63) is 78.4 Å². The van der Waals surface area contributed by atoms with Crippen molar-refractivity contribution < 1.29 is 0 Å². The Labute approximate surface area is 170 Å². The fraction of sp³-hybridized carbons (Fsp3) is 0.458. The van der Waals surface area contributed by atoms with Gasteiger partial charge in [-0.1, -0.05) is 48.6 Å². The highest BCUT2D eigenvalue weighted by Gasteiger charge is 2.07. The summed E-state index contributed by atoms with van der Waals surface area (Å²) in [6, 6.07) is 8.56. The van der Waals surface area contributed by atoms with Gasteiger partial charge in [0.25, 0.3) is 0 Å². The lowest BCUT2D eigenvalue weighted by atomic mass is 10.2. The molecule has 0 heterocycles. The molecule has 0 spiro atoms. The molecule has 3 N–H and O–H groups in total. The van der Waals surface area contributed by atoms with E-state index in [4.69, 9.17) is 0 Å². The topological polar surface area (TPSA) is 39.3 Å². The van der Waals surface area contributed by atoms with E-state index in [0.717, 1.165) is 58.9 Å². The molecule has 28 heavy (non-hydrogen) atoms. The van der Waals surface area contributed by atoms with E-state index in [1.165, 1.54) is 5.56 Å². The summed E-state index contributed by atoms with van der Waals surface area (Å²) >= 11 is 0. The maximum atomic E-state index is 3.60. The summed E-state index contributed by atoms with van der Waals surface area (Å²) in [6.07, 6.45) is 17.6. The van der Waals surface area contributed by atoms with Crippen LogP contribution in [0.1, 0.15) is 5.56 Å². The zero-order valence-electron chi connectivity index (χ0n) is 16.9. The predicted octanol–water partition coefficient (Wildman–Crippen LogP) is 2.46. The molecule has 0 atom stereocenters. The molecule has 0 amide bonds. The average Bonchev–Trinajstić information content (AvgIpc) is 3.48. The molecular weight excluding hydrogens is 344 g/mol. The van der Waals surface area contributed by atoms with Gasteiger partial charge in [-0.25, -0.2) is 6.07 Å². The summed E-state index contributed by atoms with van der Waals surface area (Å²) < 4.78 is 0. The van der Waals surface area contributed by atoms with Gasteiger partial charge in [0.05, 0.1) is 0 Å². The quantitative estimate of drug-likeness (QED) is 0.323. The van der Waals surface area contributed by atoms with Crippen molar-refractivity contribution in [1.82, 2.24) is 20.9 Å². The number of allylic oxidation sites excluding steroid dienone is 4. The summed E-state index contributed by atoms with van der Waals surface area (Å²) in [6.45, 7) is 9.38. The van der Waals surface area contributed by atoms with Crippen LogP contribution < -0.4 is 16.0 Å². The Kier molecular flexibility index (Phi) is 9.38. The molecule has 2 aliphatic carbocycles. The van der Waals surface area contributed by atoms with Crippen molar-refractivity contribution >= 4 is 0 Å². The second-order valence-corrected chi connectivity index (χ2v) is 7.59. The van der Waals surface area contributed by atoms with E-state index in [9.17, 15) is 0 Å². The number of nitrogens with one attached hydrogen (secondary N) is 3. The van der Waals surface area contributed by atoms with Crippen LogP contribution in [-0.4, -0.2) is 57.3 Å². The molecule has 3 rings (SSSR count). The minimum Gasteiger partial charge on any atom is -0.323 e. The highest BCUT2D eigenvalue weighted by molar-refractivity contribution is 5.18. The van der Waals surface area contributed by atoms with Crippen LogP contribution in [0.25, 0.3) is 0 Å². The SMILES string of the molecule is C1=CC(CNCCN(CCNCc2cc[cH-]c2)CCNCC2C=CC=C2)C=C1. The number of rotatable bonds is 15. The molecule has 0 aromatic heterocycles. The predicted molar refractivity (Wildman–Crippen MR) is 119 cm³/mol. The van der Waals surface area contributed by atoms with Crippen molar-refractivity contribution in [2.75, 3.05) is 52.4 Å². The monoisotopic (exact) mass is 379 g/mol. The maximum absolute atomic E-state index is 3.60. The van der Waals surface area contributed by atoms with E-state index >= 15 is 0 Å². The molecule has 0 radical (unpaired) electrons. The smallest absolute Gasteiger partial charge is 0.0108 e. The Hall–Kier alpha value is -1.85. The normalized spacial score (nSPS) is 16.3. The van der Waals surface area contributed by atoms with Crippen molar-refractivity contribution in [3.8, 4) is 0 Å². The number of hydrogen-bond donors (Lipinski definition) is 3. The van der Waals surface area contributed by atoms with Crippen LogP contribution in [0.15, 0.2) is 72.9 Å². The molecule has 0 saturated heterocycles. The standard InChI is InChI=1S/C24H35N4/c1-2-8-22(7-1)19-25-13-16-28(17-14-26-20-23-9-3-4-10-23)18-15-27-21-24-11-5-6-12-24/h1-12,22-23,25-27H,13-21H2/q-1. The Morgan fingerprint density at radius 3 is 1.79 bits per heavy atom. The van der Waals surface area contributed by atoms with Gasteiger partial charge in [0.1, 0.15) is 0 Å². The molecule has 4 nitrogen and oxygen atoms in total. The second-order valence-electron chi connectivity index (χ2n) is 7.59. The first-order valence-electron chi connectivity index (χ1n) is 10.7. The van der Waals surface area contributed by atoms with Crippen molar-refractivity contribution in [2.45, 2.75) is 6.54 Å². The zero-order chi connectivity index (χ0) is 19.3. The Balaban J connectivity index is 1.30. The summed E-state index contributed by atoms with van der Waals surface area (Å²) in [4.78, 5) is 2.55. The highest BCUT2D eigenvalue weighted by Crippen LogP contribution is 2.07. The molecule has 1 aromatic rings. The first-order valence-corrected chi connectivity index (χ1v) is 10.7. The summed E-state index contributed by atoms with van der Waals surface area (Å²) in [5.41, 5.74) is 1.37. The van der Waals surface area contributed by atoms with Crippen LogP contribution in [-0.2, 0) is 6.54 Å². The van der Waals surface area contributed by atoms with Gasteiger partial charge >= 0.3 is 0 Å². The third-order valence-corrected chi connectivity index (χ3v) is 5.29. The lowest BCUT2D eigenvalue weighted by molar-refractivity contribution is 0.271. The zero-order valence-corrected chi connectivity index (χ0v) is 16.9. The van der Waals surface area contributed by atoms with Crippen LogP contribution >= 0.6 is 0 Å². The van der Waals surface area contributed by atoms with Gasteiger partial charge in [-0.3, -0.25) is 4.90 Å². The van der Waals surface area contributed by atoms with Crippen LogP contribution in [0, 0.1) is 11.8 Å². The number of nitrogens with zero attached hydrogens (tertiary/aromatic N) is 1. The molecule has 0 aliphatic heterocycles. The third kappa shape index (κ3) is 8.03. The summed E-state index contributed by atoms with van der Waals surface area (Å²) in [5.74, 6) is 1.13.